The molecule has 1 heterocycles. The van der Waals surface area contributed by atoms with Crippen molar-refractivity contribution < 1.29 is 24.1 Å². The van der Waals surface area contributed by atoms with Gasteiger partial charge in [0.2, 0.25) is 0 Å². The molecule has 1 aliphatic heterocycles. The lowest BCUT2D eigenvalue weighted by atomic mass is 9.66. The molecule has 0 aromatic heterocycles. The molecule has 0 radical (unpaired) electrons. The molecule has 2 fully saturated rings. The fourth-order valence-corrected chi connectivity index (χ4v) is 4.54. The van der Waals surface area contributed by atoms with E-state index in [9.17, 15) is 9.90 Å². The highest BCUT2D eigenvalue weighted by atomic mass is 16.6. The smallest absolute Gasteiger partial charge is 0.410 e. The van der Waals surface area contributed by atoms with E-state index in [1.54, 1.807) is 19.1 Å². The topological polar surface area (TPSA) is 68.2 Å². The van der Waals surface area contributed by atoms with Gasteiger partial charge < -0.3 is 24.2 Å². The summed E-state index contributed by atoms with van der Waals surface area (Å²) < 4.78 is 16.2. The van der Waals surface area contributed by atoms with Gasteiger partial charge in [-0.15, -0.1) is 0 Å². The van der Waals surface area contributed by atoms with E-state index in [0.29, 0.717) is 31.1 Å². The number of benzene rings is 1. The molecule has 2 unspecified atom stereocenters. The average molecular weight is 363 g/mol. The van der Waals surface area contributed by atoms with Crippen LogP contribution in [0.3, 0.4) is 0 Å². The van der Waals surface area contributed by atoms with E-state index in [1.807, 2.05) is 25.1 Å². The third kappa shape index (κ3) is 3.34. The second-order valence-electron chi connectivity index (χ2n) is 7.15. The van der Waals surface area contributed by atoms with Crippen molar-refractivity contribution in [2.75, 3.05) is 27.4 Å². The molecular weight excluding hydrogens is 334 g/mol. The Hall–Kier alpha value is -1.95. The highest BCUT2D eigenvalue weighted by Gasteiger charge is 2.51. The quantitative estimate of drug-likeness (QED) is 0.886. The molecule has 6 heteroatoms. The fourth-order valence-electron chi connectivity index (χ4n) is 4.54. The van der Waals surface area contributed by atoms with Crippen LogP contribution in [0, 0.1) is 5.92 Å². The number of amides is 1. The van der Waals surface area contributed by atoms with Gasteiger partial charge in [-0.25, -0.2) is 4.79 Å². The predicted octanol–water partition coefficient (Wildman–Crippen LogP) is 3.53. The summed E-state index contributed by atoms with van der Waals surface area (Å²) in [5, 5.41) is 11.3. The van der Waals surface area contributed by atoms with Gasteiger partial charge in [-0.3, -0.25) is 0 Å². The van der Waals surface area contributed by atoms with E-state index in [4.69, 9.17) is 14.2 Å². The molecule has 1 aliphatic carbocycles. The standard InChI is InChI=1S/C20H29NO5/c1-4-26-19(22)21-12-11-20(23)10-6-5-7-16(20)18(21)15-9-8-14(24-2)13-17(15)25-3/h8-9,13,16,18,23H,4-7,10-12H2,1-3H3/t16?,18-,20?/m0/s1. The molecule has 0 spiro atoms. The number of rotatable bonds is 4. The van der Waals surface area contributed by atoms with Crippen LogP contribution in [0.4, 0.5) is 4.79 Å². The van der Waals surface area contributed by atoms with Crippen molar-refractivity contribution >= 4 is 6.09 Å². The van der Waals surface area contributed by atoms with Crippen molar-refractivity contribution in [2.45, 2.75) is 50.7 Å². The van der Waals surface area contributed by atoms with E-state index >= 15 is 0 Å². The number of carbonyl (C=O) groups is 1. The average Bonchev–Trinajstić information content (AvgIpc) is 2.66. The Morgan fingerprint density at radius 3 is 2.77 bits per heavy atom. The van der Waals surface area contributed by atoms with Gasteiger partial charge in [0.1, 0.15) is 11.5 Å². The van der Waals surface area contributed by atoms with E-state index in [0.717, 1.165) is 31.2 Å². The fraction of sp³-hybridized carbons (Fsp3) is 0.650. The van der Waals surface area contributed by atoms with Crippen molar-refractivity contribution in [1.82, 2.24) is 4.90 Å². The third-order valence-electron chi connectivity index (χ3n) is 5.83. The lowest BCUT2D eigenvalue weighted by Gasteiger charge is -2.52. The normalized spacial score (nSPS) is 28.2. The lowest BCUT2D eigenvalue weighted by molar-refractivity contribution is -0.118. The summed E-state index contributed by atoms with van der Waals surface area (Å²) >= 11 is 0. The molecule has 6 nitrogen and oxygen atoms in total. The first kappa shape index (κ1) is 18.8. The number of aliphatic hydroxyl groups is 1. The van der Waals surface area contributed by atoms with E-state index in [2.05, 4.69) is 0 Å². The number of ether oxygens (including phenoxy) is 3. The molecule has 3 atom stereocenters. The highest BCUT2D eigenvalue weighted by molar-refractivity contribution is 5.69. The molecule has 26 heavy (non-hydrogen) atoms. The predicted molar refractivity (Wildman–Crippen MR) is 97.5 cm³/mol. The Morgan fingerprint density at radius 2 is 2.08 bits per heavy atom. The summed E-state index contributed by atoms with van der Waals surface area (Å²) in [6.45, 7) is 2.62. The first-order chi connectivity index (χ1) is 12.5. The highest BCUT2D eigenvalue weighted by Crippen LogP contribution is 2.51. The molecule has 0 bridgehead atoms. The minimum atomic E-state index is -0.739. The SMILES string of the molecule is CCOC(=O)N1CCC2(O)CCCCC2[C@@H]1c1ccc(OC)cc1OC. The van der Waals surface area contributed by atoms with Crippen LogP contribution in [-0.4, -0.2) is 49.1 Å². The number of hydrogen-bond acceptors (Lipinski definition) is 5. The van der Waals surface area contributed by atoms with Crippen molar-refractivity contribution in [1.29, 1.82) is 0 Å². The Labute approximate surface area is 155 Å². The summed E-state index contributed by atoms with van der Waals surface area (Å²) in [6, 6.07) is 5.37. The molecule has 1 saturated heterocycles. The molecule has 1 N–H and O–H groups in total. The number of nitrogens with zero attached hydrogens (tertiary/aromatic N) is 1. The van der Waals surface area contributed by atoms with Crippen LogP contribution in [0.2, 0.25) is 0 Å². The number of fused-ring (bicyclic) bond motifs is 1. The van der Waals surface area contributed by atoms with Crippen LogP contribution in [0.15, 0.2) is 18.2 Å². The van der Waals surface area contributed by atoms with Crippen LogP contribution in [0.25, 0.3) is 0 Å². The van der Waals surface area contributed by atoms with Gasteiger partial charge in [0.05, 0.1) is 32.5 Å². The van der Waals surface area contributed by atoms with Crippen molar-refractivity contribution in [3.8, 4) is 11.5 Å². The van der Waals surface area contributed by atoms with E-state index in [-0.39, 0.29) is 18.1 Å². The molecule has 1 aromatic rings. The van der Waals surface area contributed by atoms with Crippen molar-refractivity contribution in [3.05, 3.63) is 23.8 Å². The number of methoxy groups -OCH3 is 2. The molecule has 144 valence electrons. The van der Waals surface area contributed by atoms with Crippen LogP contribution in [-0.2, 0) is 4.74 Å². The zero-order valence-electron chi connectivity index (χ0n) is 15.9. The Morgan fingerprint density at radius 1 is 1.27 bits per heavy atom. The van der Waals surface area contributed by atoms with Gasteiger partial charge in [0.25, 0.3) is 0 Å². The monoisotopic (exact) mass is 363 g/mol. The second-order valence-corrected chi connectivity index (χ2v) is 7.15. The number of carbonyl (C=O) groups excluding carboxylic acids is 1. The Bertz CT molecular complexity index is 649. The Kier molecular flexibility index (Phi) is 5.61. The van der Waals surface area contributed by atoms with Gasteiger partial charge in [-0.2, -0.15) is 0 Å². The van der Waals surface area contributed by atoms with Crippen LogP contribution >= 0.6 is 0 Å². The molecular formula is C20H29NO5. The minimum Gasteiger partial charge on any atom is -0.497 e. The molecule has 1 aromatic carbocycles. The number of likely N-dealkylation sites (tertiary alicyclic amines) is 1. The first-order valence-electron chi connectivity index (χ1n) is 9.41. The summed E-state index contributed by atoms with van der Waals surface area (Å²) in [5.41, 5.74) is 0.156. The largest absolute Gasteiger partial charge is 0.497 e. The lowest BCUT2D eigenvalue weighted by Crippen LogP contribution is -2.56. The van der Waals surface area contributed by atoms with Crippen LogP contribution in [0.5, 0.6) is 11.5 Å². The van der Waals surface area contributed by atoms with Gasteiger partial charge >= 0.3 is 6.09 Å². The first-order valence-corrected chi connectivity index (χ1v) is 9.41. The van der Waals surface area contributed by atoms with Gasteiger partial charge in [-0.1, -0.05) is 12.8 Å². The second kappa shape index (κ2) is 7.74. The zero-order valence-corrected chi connectivity index (χ0v) is 15.9. The minimum absolute atomic E-state index is 0.0308. The molecule has 3 rings (SSSR count). The molecule has 1 amide bonds. The Balaban J connectivity index is 2.05. The van der Waals surface area contributed by atoms with E-state index in [1.165, 1.54) is 0 Å². The summed E-state index contributed by atoms with van der Waals surface area (Å²) in [6.07, 6.45) is 4.00. The van der Waals surface area contributed by atoms with Crippen molar-refractivity contribution in [2.24, 2.45) is 5.92 Å². The summed E-state index contributed by atoms with van der Waals surface area (Å²) in [7, 11) is 3.22. The van der Waals surface area contributed by atoms with Crippen LogP contribution in [0.1, 0.15) is 50.6 Å². The van der Waals surface area contributed by atoms with E-state index < -0.39 is 5.60 Å². The summed E-state index contributed by atoms with van der Waals surface area (Å²) in [5.74, 6) is 1.33. The third-order valence-corrected chi connectivity index (χ3v) is 5.83. The van der Waals surface area contributed by atoms with Gasteiger partial charge in [0, 0.05) is 24.1 Å². The van der Waals surface area contributed by atoms with Crippen molar-refractivity contribution in [3.63, 3.8) is 0 Å². The van der Waals surface area contributed by atoms with Gasteiger partial charge in [0.15, 0.2) is 0 Å². The number of hydrogen-bond donors (Lipinski definition) is 1. The van der Waals surface area contributed by atoms with Crippen LogP contribution < -0.4 is 9.47 Å². The maximum Gasteiger partial charge on any atom is 0.410 e. The maximum atomic E-state index is 12.6. The zero-order chi connectivity index (χ0) is 18.7. The molecule has 1 saturated carbocycles. The number of piperidine rings is 1. The summed E-state index contributed by atoms with van der Waals surface area (Å²) in [4.78, 5) is 14.4. The molecule has 2 aliphatic rings. The van der Waals surface area contributed by atoms with Gasteiger partial charge in [-0.05, 0) is 38.3 Å². The maximum absolute atomic E-state index is 12.6.